The van der Waals surface area contributed by atoms with E-state index in [2.05, 4.69) is 15.9 Å². The third-order valence-corrected chi connectivity index (χ3v) is 3.62. The smallest absolute Gasteiger partial charge is 0.167 e. The van der Waals surface area contributed by atoms with Gasteiger partial charge in [0.05, 0.1) is 0 Å². The van der Waals surface area contributed by atoms with E-state index in [9.17, 15) is 4.39 Å². The molecule has 2 nitrogen and oxygen atoms in total. The van der Waals surface area contributed by atoms with Crippen molar-refractivity contribution in [1.82, 2.24) is 0 Å². The number of nitrogens with two attached hydrogens (primary N) is 1. The minimum absolute atomic E-state index is 0.221. The molecule has 0 aliphatic heterocycles. The molecule has 1 aromatic heterocycles. The van der Waals surface area contributed by atoms with Crippen molar-refractivity contribution in [3.63, 3.8) is 0 Å². The maximum absolute atomic E-state index is 13.3. The summed E-state index contributed by atoms with van der Waals surface area (Å²) in [5.41, 5.74) is 5.83. The number of benzene rings is 1. The minimum Gasteiger partial charge on any atom is -0.485 e. The van der Waals surface area contributed by atoms with E-state index in [1.807, 2.05) is 11.4 Å². The van der Waals surface area contributed by atoms with E-state index in [0.717, 1.165) is 9.35 Å². The highest BCUT2D eigenvalue weighted by Crippen LogP contribution is 2.24. The number of hydrogen-bond donors (Lipinski definition) is 1. The first-order valence-electron chi connectivity index (χ1n) is 4.56. The summed E-state index contributed by atoms with van der Waals surface area (Å²) in [6.07, 6.45) is 0. The van der Waals surface area contributed by atoms with Gasteiger partial charge in [0, 0.05) is 26.5 Å². The van der Waals surface area contributed by atoms with Crippen molar-refractivity contribution in [1.29, 1.82) is 0 Å². The summed E-state index contributed by atoms with van der Waals surface area (Å²) >= 11 is 4.91. The molecule has 0 spiro atoms. The van der Waals surface area contributed by atoms with Crippen LogP contribution in [0.2, 0.25) is 0 Å². The second-order valence-corrected chi connectivity index (χ2v) is 5.12. The molecule has 0 radical (unpaired) electrons. The lowest BCUT2D eigenvalue weighted by molar-refractivity contribution is 0.293. The van der Waals surface area contributed by atoms with Gasteiger partial charge in [-0.25, -0.2) is 4.39 Å². The fourth-order valence-corrected chi connectivity index (χ4v) is 2.57. The van der Waals surface area contributed by atoms with Gasteiger partial charge in [-0.1, -0.05) is 0 Å². The Balaban J connectivity index is 2.04. The zero-order valence-corrected chi connectivity index (χ0v) is 10.6. The monoisotopic (exact) mass is 301 g/mol. The number of nitrogen functional groups attached to an aromatic ring is 1. The van der Waals surface area contributed by atoms with Crippen LogP contribution in [-0.2, 0) is 6.61 Å². The maximum atomic E-state index is 13.3. The molecule has 0 bridgehead atoms. The minimum atomic E-state index is -0.435. The van der Waals surface area contributed by atoms with Crippen molar-refractivity contribution < 1.29 is 9.13 Å². The van der Waals surface area contributed by atoms with Gasteiger partial charge in [0.2, 0.25) is 0 Å². The second-order valence-electron chi connectivity index (χ2n) is 3.21. The summed E-state index contributed by atoms with van der Waals surface area (Å²) in [7, 11) is 0. The number of halogens is 2. The Hall–Kier alpha value is -1.07. The Morgan fingerprint density at radius 2 is 2.19 bits per heavy atom. The molecule has 0 unspecified atom stereocenters. The summed E-state index contributed by atoms with van der Waals surface area (Å²) < 4.78 is 19.7. The van der Waals surface area contributed by atoms with Crippen LogP contribution in [0, 0.1) is 5.82 Å². The van der Waals surface area contributed by atoms with Gasteiger partial charge in [0.25, 0.3) is 0 Å². The molecule has 1 aromatic carbocycles. The first kappa shape index (κ1) is 11.4. The topological polar surface area (TPSA) is 35.2 Å². The van der Waals surface area contributed by atoms with Crippen LogP contribution in [0.1, 0.15) is 4.88 Å². The predicted octanol–water partition coefficient (Wildman–Crippen LogP) is 3.81. The van der Waals surface area contributed by atoms with Crippen molar-refractivity contribution in [2.24, 2.45) is 0 Å². The van der Waals surface area contributed by atoms with E-state index in [-0.39, 0.29) is 5.75 Å². The summed E-state index contributed by atoms with van der Waals surface area (Å²) in [4.78, 5) is 1.03. The molecule has 0 atom stereocenters. The van der Waals surface area contributed by atoms with E-state index < -0.39 is 5.82 Å². The van der Waals surface area contributed by atoms with Crippen molar-refractivity contribution in [3.05, 3.63) is 44.8 Å². The number of thiophene rings is 1. The standard InChI is InChI=1S/C11H9BrFNOS/c12-7-3-9(16-6-7)5-15-11-2-1-8(14)4-10(11)13/h1-4,6H,5,14H2. The van der Waals surface area contributed by atoms with Crippen molar-refractivity contribution in [3.8, 4) is 5.75 Å². The van der Waals surface area contributed by atoms with Gasteiger partial charge < -0.3 is 10.5 Å². The molecule has 2 rings (SSSR count). The highest BCUT2D eigenvalue weighted by molar-refractivity contribution is 9.10. The van der Waals surface area contributed by atoms with Crippen LogP contribution in [0.4, 0.5) is 10.1 Å². The number of ether oxygens (including phenoxy) is 1. The fraction of sp³-hybridized carbons (Fsp3) is 0.0909. The lowest BCUT2D eigenvalue weighted by atomic mass is 10.3. The fourth-order valence-electron chi connectivity index (χ4n) is 1.21. The van der Waals surface area contributed by atoms with Gasteiger partial charge in [0.15, 0.2) is 11.6 Å². The summed E-state index contributed by atoms with van der Waals surface area (Å²) in [5.74, 6) is -0.214. The van der Waals surface area contributed by atoms with E-state index in [1.54, 1.807) is 17.4 Å². The van der Waals surface area contributed by atoms with Crippen molar-refractivity contribution >= 4 is 33.0 Å². The average molecular weight is 302 g/mol. The zero-order chi connectivity index (χ0) is 11.5. The van der Waals surface area contributed by atoms with E-state index in [4.69, 9.17) is 10.5 Å². The Bertz CT molecular complexity index is 500. The lowest BCUT2D eigenvalue weighted by Crippen LogP contribution is -1.96. The molecular weight excluding hydrogens is 293 g/mol. The average Bonchev–Trinajstić information content (AvgIpc) is 2.63. The van der Waals surface area contributed by atoms with Gasteiger partial charge in [-0.2, -0.15) is 0 Å². The maximum Gasteiger partial charge on any atom is 0.167 e. The second kappa shape index (κ2) is 4.84. The molecule has 0 amide bonds. The predicted molar refractivity (Wildman–Crippen MR) is 67.2 cm³/mol. The lowest BCUT2D eigenvalue weighted by Gasteiger charge is -2.06. The molecule has 5 heteroatoms. The molecule has 1 heterocycles. The third-order valence-electron chi connectivity index (χ3n) is 1.95. The molecule has 0 aliphatic rings. The Morgan fingerprint density at radius 3 is 2.81 bits per heavy atom. The Morgan fingerprint density at radius 1 is 1.38 bits per heavy atom. The van der Waals surface area contributed by atoms with Crippen LogP contribution >= 0.6 is 27.3 Å². The number of rotatable bonds is 3. The van der Waals surface area contributed by atoms with E-state index in [1.165, 1.54) is 12.1 Å². The third kappa shape index (κ3) is 2.74. The van der Waals surface area contributed by atoms with Crippen LogP contribution in [0.15, 0.2) is 34.1 Å². The Labute approximate surface area is 105 Å². The van der Waals surface area contributed by atoms with Crippen LogP contribution in [-0.4, -0.2) is 0 Å². The molecule has 0 saturated heterocycles. The van der Waals surface area contributed by atoms with Crippen LogP contribution in [0.25, 0.3) is 0 Å². The highest BCUT2D eigenvalue weighted by atomic mass is 79.9. The van der Waals surface area contributed by atoms with Gasteiger partial charge in [-0.05, 0) is 34.1 Å². The van der Waals surface area contributed by atoms with Crippen molar-refractivity contribution in [2.75, 3.05) is 5.73 Å². The summed E-state index contributed by atoms with van der Waals surface area (Å²) in [6.45, 7) is 0.358. The van der Waals surface area contributed by atoms with Gasteiger partial charge >= 0.3 is 0 Å². The number of anilines is 1. The van der Waals surface area contributed by atoms with E-state index >= 15 is 0 Å². The molecule has 16 heavy (non-hydrogen) atoms. The van der Waals surface area contributed by atoms with Gasteiger partial charge in [-0.15, -0.1) is 11.3 Å². The normalized spacial score (nSPS) is 10.4. The van der Waals surface area contributed by atoms with Gasteiger partial charge in [-0.3, -0.25) is 0 Å². The molecular formula is C11H9BrFNOS. The van der Waals surface area contributed by atoms with Crippen LogP contribution in [0.5, 0.6) is 5.75 Å². The van der Waals surface area contributed by atoms with Crippen LogP contribution < -0.4 is 10.5 Å². The zero-order valence-electron chi connectivity index (χ0n) is 8.24. The molecule has 0 aliphatic carbocycles. The first-order valence-corrected chi connectivity index (χ1v) is 6.23. The highest BCUT2D eigenvalue weighted by Gasteiger charge is 2.04. The summed E-state index contributed by atoms with van der Waals surface area (Å²) in [6, 6.07) is 6.34. The van der Waals surface area contributed by atoms with Crippen molar-refractivity contribution in [2.45, 2.75) is 6.61 Å². The first-order chi connectivity index (χ1) is 7.65. The van der Waals surface area contributed by atoms with Gasteiger partial charge in [0.1, 0.15) is 6.61 Å². The van der Waals surface area contributed by atoms with E-state index in [0.29, 0.717) is 12.3 Å². The SMILES string of the molecule is Nc1ccc(OCc2cc(Br)cs2)c(F)c1. The quantitative estimate of drug-likeness (QED) is 0.875. The molecule has 2 aromatic rings. The van der Waals surface area contributed by atoms with Crippen LogP contribution in [0.3, 0.4) is 0 Å². The molecule has 84 valence electrons. The molecule has 0 saturated carbocycles. The largest absolute Gasteiger partial charge is 0.485 e. The number of hydrogen-bond acceptors (Lipinski definition) is 3. The summed E-state index contributed by atoms with van der Waals surface area (Å²) in [5, 5.41) is 1.96. The molecule has 2 N–H and O–H groups in total. The Kier molecular flexibility index (Phi) is 3.46. The molecule has 0 fully saturated rings.